The molecule has 0 aliphatic rings. The van der Waals surface area contributed by atoms with Crippen molar-refractivity contribution in [1.82, 2.24) is 10.2 Å². The molecule has 4 aromatic carbocycles. The summed E-state index contributed by atoms with van der Waals surface area (Å²) in [5.41, 5.74) is 0.540. The van der Waals surface area contributed by atoms with E-state index < -0.39 is 46.1 Å². The zero-order chi connectivity index (χ0) is 30.1. The average molecular weight is 592 g/mol. The molecule has 4 rings (SSSR count). The van der Waals surface area contributed by atoms with Crippen molar-refractivity contribution >= 4 is 27.5 Å². The van der Waals surface area contributed by atoms with Gasteiger partial charge in [-0.25, -0.2) is 17.2 Å². The second-order valence-corrected chi connectivity index (χ2v) is 11.4. The van der Waals surface area contributed by atoms with Crippen molar-refractivity contribution in [2.24, 2.45) is 0 Å². The second kappa shape index (κ2) is 13.9. The summed E-state index contributed by atoms with van der Waals surface area (Å²) in [6.45, 7) is 0.844. The molecule has 0 spiro atoms. The van der Waals surface area contributed by atoms with Gasteiger partial charge in [-0.05, 0) is 42.8 Å². The zero-order valence-electron chi connectivity index (χ0n) is 23.0. The standard InChI is InChI=1S/C32H31F2N3O4S/c1-2-35-32(39)30(21-24-13-5-3-6-14-24)36(22-25-15-9-10-18-27(25)33)31(38)23-37(29-20-12-11-19-28(29)34)42(40,41)26-16-7-4-8-17-26/h3-20,30H,2,21-23H2,1H3,(H,35,39). The lowest BCUT2D eigenvalue weighted by Crippen LogP contribution is -2.53. The Hall–Kier alpha value is -4.57. The highest BCUT2D eigenvalue weighted by atomic mass is 32.2. The van der Waals surface area contributed by atoms with Gasteiger partial charge in [0.25, 0.3) is 10.0 Å². The van der Waals surface area contributed by atoms with Gasteiger partial charge in [0, 0.05) is 25.1 Å². The molecule has 0 aliphatic carbocycles. The molecule has 1 unspecified atom stereocenters. The number of likely N-dealkylation sites (N-methyl/N-ethyl adjacent to an activating group) is 1. The number of hydrogen-bond donors (Lipinski definition) is 1. The summed E-state index contributed by atoms with van der Waals surface area (Å²) in [7, 11) is -4.43. The van der Waals surface area contributed by atoms with Crippen LogP contribution in [0.25, 0.3) is 0 Å². The van der Waals surface area contributed by atoms with Gasteiger partial charge in [0.15, 0.2) is 0 Å². The first-order chi connectivity index (χ1) is 20.2. The molecule has 1 N–H and O–H groups in total. The Bertz CT molecular complexity index is 1620. The Kier molecular flexibility index (Phi) is 10.0. The molecule has 0 heterocycles. The number of carbonyl (C=O) groups is 2. The van der Waals surface area contributed by atoms with Crippen molar-refractivity contribution in [2.75, 3.05) is 17.4 Å². The molecule has 4 aromatic rings. The van der Waals surface area contributed by atoms with Crippen molar-refractivity contribution in [3.05, 3.63) is 132 Å². The van der Waals surface area contributed by atoms with Gasteiger partial charge in [-0.3, -0.25) is 13.9 Å². The largest absolute Gasteiger partial charge is 0.355 e. The average Bonchev–Trinajstić information content (AvgIpc) is 3.00. The highest BCUT2D eigenvalue weighted by Crippen LogP contribution is 2.27. The third-order valence-electron chi connectivity index (χ3n) is 6.65. The number of rotatable bonds is 12. The highest BCUT2D eigenvalue weighted by molar-refractivity contribution is 7.92. The minimum Gasteiger partial charge on any atom is -0.355 e. The van der Waals surface area contributed by atoms with E-state index in [1.54, 1.807) is 43.3 Å². The summed E-state index contributed by atoms with van der Waals surface area (Å²) in [4.78, 5) is 28.6. The molecule has 0 fully saturated rings. The maximum atomic E-state index is 15.1. The fraction of sp³-hybridized carbons (Fsp3) is 0.188. The topological polar surface area (TPSA) is 86.8 Å². The van der Waals surface area contributed by atoms with Gasteiger partial charge >= 0.3 is 0 Å². The molecule has 0 radical (unpaired) electrons. The molecule has 42 heavy (non-hydrogen) atoms. The lowest BCUT2D eigenvalue weighted by Gasteiger charge is -2.34. The second-order valence-electron chi connectivity index (χ2n) is 9.49. The number of halogens is 2. The first-order valence-electron chi connectivity index (χ1n) is 13.4. The summed E-state index contributed by atoms with van der Waals surface area (Å²) in [6, 6.07) is 26.3. The van der Waals surface area contributed by atoms with E-state index in [9.17, 15) is 22.4 Å². The van der Waals surface area contributed by atoms with Gasteiger partial charge in [-0.2, -0.15) is 0 Å². The number of sulfonamides is 1. The van der Waals surface area contributed by atoms with Crippen LogP contribution in [0.4, 0.5) is 14.5 Å². The summed E-state index contributed by atoms with van der Waals surface area (Å²) >= 11 is 0. The van der Waals surface area contributed by atoms with Crippen LogP contribution in [0.2, 0.25) is 0 Å². The molecule has 7 nitrogen and oxygen atoms in total. The van der Waals surface area contributed by atoms with Crippen LogP contribution >= 0.6 is 0 Å². The van der Waals surface area contributed by atoms with Crippen molar-refractivity contribution in [2.45, 2.75) is 30.8 Å². The third-order valence-corrected chi connectivity index (χ3v) is 8.43. The monoisotopic (exact) mass is 591 g/mol. The van der Waals surface area contributed by atoms with Crippen LogP contribution in [0.5, 0.6) is 0 Å². The van der Waals surface area contributed by atoms with Gasteiger partial charge in [0.05, 0.1) is 10.6 Å². The lowest BCUT2D eigenvalue weighted by atomic mass is 10.0. The normalized spacial score (nSPS) is 11.9. The van der Waals surface area contributed by atoms with Crippen molar-refractivity contribution in [1.29, 1.82) is 0 Å². The number of nitrogens with one attached hydrogen (secondary N) is 1. The molecule has 1 atom stereocenters. The van der Waals surface area contributed by atoms with E-state index in [0.717, 1.165) is 16.5 Å². The SMILES string of the molecule is CCNC(=O)C(Cc1ccccc1)N(Cc1ccccc1F)C(=O)CN(c1ccccc1F)S(=O)(=O)c1ccccc1. The summed E-state index contributed by atoms with van der Waals surface area (Å²) in [6.07, 6.45) is 0.0813. The minimum absolute atomic E-state index is 0.0813. The molecule has 0 saturated heterocycles. The zero-order valence-corrected chi connectivity index (χ0v) is 23.8. The van der Waals surface area contributed by atoms with Crippen molar-refractivity contribution in [3.63, 3.8) is 0 Å². The molecule has 218 valence electrons. The minimum atomic E-state index is -4.43. The number of hydrogen-bond acceptors (Lipinski definition) is 4. The van der Waals surface area contributed by atoms with Crippen LogP contribution < -0.4 is 9.62 Å². The van der Waals surface area contributed by atoms with Crippen molar-refractivity contribution < 1.29 is 26.8 Å². The molecule has 0 aliphatic heterocycles. The number of nitrogens with zero attached hydrogens (tertiary/aromatic N) is 2. The molecule has 0 saturated carbocycles. The van der Waals surface area contributed by atoms with Gasteiger partial charge in [-0.15, -0.1) is 0 Å². The quantitative estimate of drug-likeness (QED) is 0.253. The number of carbonyl (C=O) groups excluding carboxylic acids is 2. The van der Waals surface area contributed by atoms with Gasteiger partial charge in [0.2, 0.25) is 11.8 Å². The smallest absolute Gasteiger partial charge is 0.264 e. The number of benzene rings is 4. The number of para-hydroxylation sites is 1. The number of amides is 2. The number of anilines is 1. The first-order valence-corrected chi connectivity index (χ1v) is 14.8. The maximum Gasteiger partial charge on any atom is 0.264 e. The summed E-state index contributed by atoms with van der Waals surface area (Å²) < 4.78 is 58.2. The maximum absolute atomic E-state index is 15.1. The van der Waals surface area contributed by atoms with Gasteiger partial charge < -0.3 is 10.2 Å². The van der Waals surface area contributed by atoms with Crippen LogP contribution in [-0.4, -0.2) is 44.3 Å². The summed E-state index contributed by atoms with van der Waals surface area (Å²) in [5, 5.41) is 2.73. The Morgan fingerprint density at radius 2 is 1.36 bits per heavy atom. The van der Waals surface area contributed by atoms with E-state index in [0.29, 0.717) is 4.31 Å². The molecule has 0 bridgehead atoms. The van der Waals surface area contributed by atoms with Gasteiger partial charge in [-0.1, -0.05) is 78.9 Å². The van der Waals surface area contributed by atoms with Crippen LogP contribution in [0.15, 0.2) is 114 Å². The van der Waals surface area contributed by atoms with Crippen molar-refractivity contribution in [3.8, 4) is 0 Å². The molecular weight excluding hydrogens is 560 g/mol. The predicted octanol–water partition coefficient (Wildman–Crippen LogP) is 4.94. The third kappa shape index (κ3) is 7.19. The van der Waals surface area contributed by atoms with Crippen LogP contribution in [0, 0.1) is 11.6 Å². The molecule has 10 heteroatoms. The summed E-state index contributed by atoms with van der Waals surface area (Å²) in [5.74, 6) is -2.75. The van der Waals surface area contributed by atoms with E-state index in [4.69, 9.17) is 0 Å². The molecule has 2 amide bonds. The fourth-order valence-corrected chi connectivity index (χ4v) is 5.99. The Morgan fingerprint density at radius 1 is 0.786 bits per heavy atom. The van der Waals surface area contributed by atoms with Gasteiger partial charge in [0.1, 0.15) is 24.2 Å². The van der Waals surface area contributed by atoms with Crippen LogP contribution in [-0.2, 0) is 32.6 Å². The fourth-order valence-electron chi connectivity index (χ4n) is 4.54. The lowest BCUT2D eigenvalue weighted by molar-refractivity contribution is -0.140. The van der Waals surface area contributed by atoms with E-state index in [-0.39, 0.29) is 35.7 Å². The van der Waals surface area contributed by atoms with Crippen LogP contribution in [0.3, 0.4) is 0 Å². The highest BCUT2D eigenvalue weighted by Gasteiger charge is 2.35. The molecule has 0 aromatic heterocycles. The van der Waals surface area contributed by atoms with E-state index in [2.05, 4.69) is 5.32 Å². The van der Waals surface area contributed by atoms with E-state index in [1.165, 1.54) is 60.7 Å². The van der Waals surface area contributed by atoms with E-state index >= 15 is 4.39 Å². The molecular formula is C32H31F2N3O4S. The Morgan fingerprint density at radius 3 is 1.98 bits per heavy atom. The first kappa shape index (κ1) is 30.4. The van der Waals surface area contributed by atoms with Crippen LogP contribution in [0.1, 0.15) is 18.1 Å². The van der Waals surface area contributed by atoms with E-state index in [1.807, 2.05) is 6.07 Å². The Labute approximate surface area is 244 Å². The Balaban J connectivity index is 1.81. The predicted molar refractivity (Wildman–Crippen MR) is 157 cm³/mol.